The SMILES string of the molecule is CCCc1nn(C)c(Sc2nnnn2C2CC2)c1N. The van der Waals surface area contributed by atoms with Crippen LogP contribution in [0.2, 0.25) is 0 Å². The van der Waals surface area contributed by atoms with Gasteiger partial charge in [0.1, 0.15) is 5.03 Å². The van der Waals surface area contributed by atoms with Crippen molar-refractivity contribution in [2.45, 2.75) is 48.8 Å². The lowest BCUT2D eigenvalue weighted by Gasteiger charge is -2.03. The molecule has 0 aliphatic heterocycles. The molecule has 1 saturated carbocycles. The molecule has 0 unspecified atom stereocenters. The number of aromatic nitrogens is 6. The zero-order valence-corrected chi connectivity index (χ0v) is 11.9. The Hall–Kier alpha value is -1.57. The third-order valence-electron chi connectivity index (χ3n) is 3.14. The van der Waals surface area contributed by atoms with E-state index in [-0.39, 0.29) is 0 Å². The highest BCUT2D eigenvalue weighted by Gasteiger charge is 2.29. The van der Waals surface area contributed by atoms with Crippen molar-refractivity contribution < 1.29 is 0 Å². The van der Waals surface area contributed by atoms with Crippen LogP contribution in [0, 0.1) is 0 Å². The van der Waals surface area contributed by atoms with E-state index in [0.717, 1.165) is 47.2 Å². The van der Waals surface area contributed by atoms with Crippen molar-refractivity contribution >= 4 is 17.4 Å². The van der Waals surface area contributed by atoms with Gasteiger partial charge in [-0.05, 0) is 41.5 Å². The van der Waals surface area contributed by atoms with Gasteiger partial charge in [-0.1, -0.05) is 13.3 Å². The molecule has 0 spiro atoms. The highest BCUT2D eigenvalue weighted by atomic mass is 32.2. The molecule has 0 saturated heterocycles. The van der Waals surface area contributed by atoms with Gasteiger partial charge in [0, 0.05) is 7.05 Å². The first-order chi connectivity index (χ1) is 9.20. The summed E-state index contributed by atoms with van der Waals surface area (Å²) in [5, 5.41) is 18.0. The Kier molecular flexibility index (Phi) is 3.17. The van der Waals surface area contributed by atoms with Crippen LogP contribution in [0.3, 0.4) is 0 Å². The molecule has 1 aliphatic carbocycles. The lowest BCUT2D eigenvalue weighted by Crippen LogP contribution is -2.00. The highest BCUT2D eigenvalue weighted by molar-refractivity contribution is 7.99. The average molecular weight is 279 g/mol. The van der Waals surface area contributed by atoms with Crippen LogP contribution in [0.4, 0.5) is 5.69 Å². The quantitative estimate of drug-likeness (QED) is 0.890. The first-order valence-corrected chi connectivity index (χ1v) is 7.29. The fourth-order valence-electron chi connectivity index (χ4n) is 2.01. The van der Waals surface area contributed by atoms with Crippen LogP contribution in [0.15, 0.2) is 10.2 Å². The Morgan fingerprint density at radius 2 is 2.21 bits per heavy atom. The van der Waals surface area contributed by atoms with Crippen LogP contribution in [0.1, 0.15) is 37.9 Å². The Labute approximate surface area is 115 Å². The van der Waals surface area contributed by atoms with Gasteiger partial charge in [-0.2, -0.15) is 5.10 Å². The van der Waals surface area contributed by atoms with Gasteiger partial charge >= 0.3 is 0 Å². The number of aryl methyl sites for hydroxylation is 2. The van der Waals surface area contributed by atoms with E-state index in [4.69, 9.17) is 5.73 Å². The van der Waals surface area contributed by atoms with Crippen LogP contribution < -0.4 is 5.73 Å². The van der Waals surface area contributed by atoms with Gasteiger partial charge in [0.25, 0.3) is 0 Å². The number of rotatable bonds is 5. The molecule has 19 heavy (non-hydrogen) atoms. The maximum atomic E-state index is 6.17. The van der Waals surface area contributed by atoms with E-state index in [0.29, 0.717) is 6.04 Å². The minimum Gasteiger partial charge on any atom is -0.395 e. The molecule has 0 amide bonds. The van der Waals surface area contributed by atoms with Crippen LogP contribution in [0.25, 0.3) is 0 Å². The molecule has 1 aliphatic rings. The second-order valence-electron chi connectivity index (χ2n) is 4.78. The fourth-order valence-corrected chi connectivity index (χ4v) is 2.94. The molecule has 2 heterocycles. The maximum absolute atomic E-state index is 6.17. The Morgan fingerprint density at radius 1 is 1.42 bits per heavy atom. The van der Waals surface area contributed by atoms with Crippen molar-refractivity contribution in [1.29, 1.82) is 0 Å². The van der Waals surface area contributed by atoms with Crippen molar-refractivity contribution in [3.05, 3.63) is 5.69 Å². The van der Waals surface area contributed by atoms with Gasteiger partial charge in [-0.25, -0.2) is 4.68 Å². The monoisotopic (exact) mass is 279 g/mol. The molecule has 3 rings (SSSR count). The Balaban J connectivity index is 1.88. The van der Waals surface area contributed by atoms with Crippen LogP contribution in [-0.4, -0.2) is 30.0 Å². The van der Waals surface area contributed by atoms with E-state index >= 15 is 0 Å². The highest BCUT2D eigenvalue weighted by Crippen LogP contribution is 2.39. The summed E-state index contributed by atoms with van der Waals surface area (Å²) in [5.74, 6) is 0. The third-order valence-corrected chi connectivity index (χ3v) is 4.26. The summed E-state index contributed by atoms with van der Waals surface area (Å²) in [6.45, 7) is 2.12. The van der Waals surface area contributed by atoms with E-state index in [1.54, 1.807) is 0 Å². The lowest BCUT2D eigenvalue weighted by molar-refractivity contribution is 0.564. The molecule has 0 atom stereocenters. The minimum absolute atomic E-state index is 0.460. The van der Waals surface area contributed by atoms with Crippen LogP contribution >= 0.6 is 11.8 Å². The topological polar surface area (TPSA) is 87.4 Å². The smallest absolute Gasteiger partial charge is 0.215 e. The molecule has 7 nitrogen and oxygen atoms in total. The second-order valence-corrected chi connectivity index (χ2v) is 5.73. The lowest BCUT2D eigenvalue weighted by atomic mass is 10.2. The predicted octanol–water partition coefficient (Wildman–Crippen LogP) is 1.43. The molecule has 0 aromatic carbocycles. The zero-order chi connectivity index (χ0) is 13.4. The maximum Gasteiger partial charge on any atom is 0.215 e. The number of nitrogen functional groups attached to an aromatic ring is 1. The normalized spacial score (nSPS) is 15.1. The summed E-state index contributed by atoms with van der Waals surface area (Å²) in [4.78, 5) is 0. The first-order valence-electron chi connectivity index (χ1n) is 6.47. The standard InChI is InChI=1S/C11H17N7S/c1-3-4-8-9(12)10(17(2)14-8)19-11-13-15-16-18(11)7-5-6-7/h7H,3-6,12H2,1-2H3. The summed E-state index contributed by atoms with van der Waals surface area (Å²) in [7, 11) is 1.91. The van der Waals surface area contributed by atoms with Crippen molar-refractivity contribution in [3.63, 3.8) is 0 Å². The molecular weight excluding hydrogens is 262 g/mol. The molecule has 8 heteroatoms. The molecule has 2 aromatic heterocycles. The van der Waals surface area contributed by atoms with E-state index < -0.39 is 0 Å². The van der Waals surface area contributed by atoms with Crippen molar-refractivity contribution in [1.82, 2.24) is 30.0 Å². The summed E-state index contributed by atoms with van der Waals surface area (Å²) < 4.78 is 3.70. The molecular formula is C11H17N7S. The van der Waals surface area contributed by atoms with Gasteiger partial charge in [0.2, 0.25) is 5.16 Å². The van der Waals surface area contributed by atoms with E-state index in [9.17, 15) is 0 Å². The number of nitrogens with zero attached hydrogens (tertiary/aromatic N) is 6. The summed E-state index contributed by atoms with van der Waals surface area (Å²) in [6.07, 6.45) is 4.24. The minimum atomic E-state index is 0.460. The number of anilines is 1. The van der Waals surface area contributed by atoms with Crippen molar-refractivity contribution in [2.24, 2.45) is 7.05 Å². The van der Waals surface area contributed by atoms with E-state index in [1.807, 2.05) is 16.4 Å². The molecule has 2 N–H and O–H groups in total. The number of hydrogen-bond acceptors (Lipinski definition) is 6. The Bertz CT molecular complexity index is 584. The van der Waals surface area contributed by atoms with Crippen LogP contribution in [-0.2, 0) is 13.5 Å². The van der Waals surface area contributed by atoms with E-state index in [2.05, 4.69) is 27.5 Å². The van der Waals surface area contributed by atoms with Gasteiger partial charge < -0.3 is 5.73 Å². The van der Waals surface area contributed by atoms with Gasteiger partial charge in [-0.15, -0.1) is 5.10 Å². The number of nitrogens with two attached hydrogens (primary N) is 1. The molecule has 2 aromatic rings. The summed E-state index contributed by atoms with van der Waals surface area (Å²) in [6, 6.07) is 0.460. The number of tetrazole rings is 1. The average Bonchev–Trinajstić information content (AvgIpc) is 3.08. The predicted molar refractivity (Wildman–Crippen MR) is 71.8 cm³/mol. The van der Waals surface area contributed by atoms with Gasteiger partial charge in [0.05, 0.1) is 17.4 Å². The largest absolute Gasteiger partial charge is 0.395 e. The summed E-state index contributed by atoms with van der Waals surface area (Å²) >= 11 is 1.49. The van der Waals surface area contributed by atoms with Crippen molar-refractivity contribution in [2.75, 3.05) is 5.73 Å². The Morgan fingerprint density at radius 3 is 2.89 bits per heavy atom. The summed E-state index contributed by atoms with van der Waals surface area (Å²) in [5.41, 5.74) is 7.87. The molecule has 0 radical (unpaired) electrons. The zero-order valence-electron chi connectivity index (χ0n) is 11.1. The fraction of sp³-hybridized carbons (Fsp3) is 0.636. The van der Waals surface area contributed by atoms with Crippen LogP contribution in [0.5, 0.6) is 0 Å². The first kappa shape index (κ1) is 12.5. The molecule has 0 bridgehead atoms. The molecule has 1 fully saturated rings. The molecule has 102 valence electrons. The number of hydrogen-bond donors (Lipinski definition) is 1. The second kappa shape index (κ2) is 4.84. The van der Waals surface area contributed by atoms with Gasteiger partial charge in [-0.3, -0.25) is 4.68 Å². The van der Waals surface area contributed by atoms with E-state index in [1.165, 1.54) is 11.8 Å². The van der Waals surface area contributed by atoms with Crippen molar-refractivity contribution in [3.8, 4) is 0 Å². The third kappa shape index (κ3) is 2.32. The van der Waals surface area contributed by atoms with Gasteiger partial charge in [0.15, 0.2) is 0 Å².